The Morgan fingerprint density at radius 1 is 1.09 bits per heavy atom. The molecule has 2 aromatic carbocycles. The second kappa shape index (κ2) is 7.63. The van der Waals surface area contributed by atoms with Crippen molar-refractivity contribution in [1.29, 1.82) is 0 Å². The van der Waals surface area contributed by atoms with Crippen LogP contribution < -0.4 is 4.74 Å². The molecule has 6 heteroatoms. The van der Waals surface area contributed by atoms with Crippen molar-refractivity contribution in [3.63, 3.8) is 0 Å². The molecule has 0 bridgehead atoms. The Kier molecular flexibility index (Phi) is 5.83. The Labute approximate surface area is 136 Å². The average molecular weight is 340 g/mol. The molecule has 4 nitrogen and oxygen atoms in total. The topological polar surface area (TPSA) is 46.6 Å². The first-order valence-electron chi connectivity index (χ1n) is 6.90. The Morgan fingerprint density at radius 2 is 1.82 bits per heavy atom. The van der Waals surface area contributed by atoms with E-state index in [1.165, 1.54) is 16.4 Å². The van der Waals surface area contributed by atoms with Crippen LogP contribution in [0.4, 0.5) is 0 Å². The molecule has 22 heavy (non-hydrogen) atoms. The van der Waals surface area contributed by atoms with Crippen molar-refractivity contribution in [2.75, 3.05) is 20.2 Å². The lowest BCUT2D eigenvalue weighted by atomic mass is 10.3. The van der Waals surface area contributed by atoms with E-state index in [1.54, 1.807) is 19.2 Å². The van der Waals surface area contributed by atoms with Gasteiger partial charge < -0.3 is 4.74 Å². The predicted octanol–water partition coefficient (Wildman–Crippen LogP) is 3.43. The Balaban J connectivity index is 1.87. The first kappa shape index (κ1) is 16.8. The van der Waals surface area contributed by atoms with Crippen LogP contribution in [0.25, 0.3) is 0 Å². The number of hydrogen-bond acceptors (Lipinski definition) is 3. The summed E-state index contributed by atoms with van der Waals surface area (Å²) in [5.41, 5.74) is 0. The van der Waals surface area contributed by atoms with Crippen LogP contribution in [0.3, 0.4) is 0 Å². The molecule has 0 saturated carbocycles. The molecule has 0 unspecified atom stereocenters. The molecule has 0 N–H and O–H groups in total. The van der Waals surface area contributed by atoms with Crippen molar-refractivity contribution in [2.45, 2.75) is 11.3 Å². The largest absolute Gasteiger partial charge is 0.494 e. The van der Waals surface area contributed by atoms with Crippen molar-refractivity contribution in [2.24, 2.45) is 0 Å². The van der Waals surface area contributed by atoms with Gasteiger partial charge in [-0.05, 0) is 36.8 Å². The van der Waals surface area contributed by atoms with Crippen molar-refractivity contribution in [3.05, 3.63) is 59.6 Å². The summed E-state index contributed by atoms with van der Waals surface area (Å²) in [5, 5.41) is 0.405. The second-order valence-corrected chi connectivity index (χ2v) is 7.28. The van der Waals surface area contributed by atoms with Crippen LogP contribution in [-0.4, -0.2) is 32.9 Å². The van der Waals surface area contributed by atoms with E-state index in [-0.39, 0.29) is 4.90 Å². The van der Waals surface area contributed by atoms with E-state index in [4.69, 9.17) is 16.3 Å². The van der Waals surface area contributed by atoms with Gasteiger partial charge in [-0.15, -0.1) is 0 Å². The van der Waals surface area contributed by atoms with Gasteiger partial charge in [-0.2, -0.15) is 0 Å². The minimum atomic E-state index is -3.51. The fourth-order valence-corrected chi connectivity index (χ4v) is 3.43. The minimum Gasteiger partial charge on any atom is -0.494 e. The lowest BCUT2D eigenvalue weighted by Crippen LogP contribution is -2.28. The van der Waals surface area contributed by atoms with Crippen LogP contribution in [0.2, 0.25) is 5.02 Å². The molecule has 0 amide bonds. The molecular formula is C16H18ClNO3S. The molecule has 0 aliphatic heterocycles. The number of nitrogens with zero attached hydrogens (tertiary/aromatic N) is 1. The molecule has 0 spiro atoms. The summed E-state index contributed by atoms with van der Waals surface area (Å²) in [5.74, 6) is 0.780. The number of sulfonamides is 1. The van der Waals surface area contributed by atoms with Gasteiger partial charge in [0, 0.05) is 18.6 Å². The Hall–Kier alpha value is -1.56. The van der Waals surface area contributed by atoms with E-state index in [1.807, 2.05) is 30.3 Å². The van der Waals surface area contributed by atoms with Gasteiger partial charge in [0.2, 0.25) is 10.0 Å². The maximum atomic E-state index is 12.4. The molecule has 118 valence electrons. The predicted molar refractivity (Wildman–Crippen MR) is 87.8 cm³/mol. The average Bonchev–Trinajstić information content (AvgIpc) is 2.52. The van der Waals surface area contributed by atoms with Crippen molar-refractivity contribution in [1.82, 2.24) is 4.31 Å². The van der Waals surface area contributed by atoms with E-state index in [0.29, 0.717) is 24.6 Å². The van der Waals surface area contributed by atoms with Gasteiger partial charge in [0.05, 0.1) is 11.5 Å². The second-order valence-electron chi connectivity index (χ2n) is 4.80. The summed E-state index contributed by atoms with van der Waals surface area (Å²) in [6.07, 6.45) is 0.602. The zero-order chi connectivity index (χ0) is 16.0. The van der Waals surface area contributed by atoms with Gasteiger partial charge in [-0.25, -0.2) is 12.7 Å². The van der Waals surface area contributed by atoms with E-state index in [2.05, 4.69) is 0 Å². The van der Waals surface area contributed by atoms with E-state index < -0.39 is 10.0 Å². The lowest BCUT2D eigenvalue weighted by molar-refractivity contribution is 0.296. The van der Waals surface area contributed by atoms with Gasteiger partial charge in [-0.1, -0.05) is 35.9 Å². The van der Waals surface area contributed by atoms with Crippen LogP contribution in [0.5, 0.6) is 5.75 Å². The van der Waals surface area contributed by atoms with E-state index >= 15 is 0 Å². The molecule has 0 radical (unpaired) electrons. The molecule has 0 fully saturated rings. The monoisotopic (exact) mass is 339 g/mol. The summed E-state index contributed by atoms with van der Waals surface area (Å²) in [6, 6.07) is 15.7. The highest BCUT2D eigenvalue weighted by molar-refractivity contribution is 7.89. The van der Waals surface area contributed by atoms with Crippen molar-refractivity contribution < 1.29 is 13.2 Å². The van der Waals surface area contributed by atoms with Crippen LogP contribution in [0.15, 0.2) is 59.5 Å². The number of para-hydroxylation sites is 1. The SMILES string of the molecule is CN(CCCOc1ccccc1)S(=O)(=O)c1cccc(Cl)c1. The molecule has 0 saturated heterocycles. The molecule has 2 aromatic rings. The Bertz CT molecular complexity index is 704. The summed E-state index contributed by atoms with van der Waals surface area (Å²) in [7, 11) is -1.96. The minimum absolute atomic E-state index is 0.200. The first-order chi connectivity index (χ1) is 10.5. The number of halogens is 1. The fraction of sp³-hybridized carbons (Fsp3) is 0.250. The molecule has 0 atom stereocenters. The van der Waals surface area contributed by atoms with Gasteiger partial charge in [0.25, 0.3) is 0 Å². The van der Waals surface area contributed by atoms with E-state index in [9.17, 15) is 8.42 Å². The zero-order valence-electron chi connectivity index (χ0n) is 12.3. The third-order valence-electron chi connectivity index (χ3n) is 3.13. The highest BCUT2D eigenvalue weighted by Gasteiger charge is 2.20. The summed E-state index contributed by atoms with van der Waals surface area (Å²) >= 11 is 5.85. The number of ether oxygens (including phenoxy) is 1. The number of rotatable bonds is 7. The number of hydrogen-bond donors (Lipinski definition) is 0. The summed E-state index contributed by atoms with van der Waals surface area (Å²) in [4.78, 5) is 0.200. The van der Waals surface area contributed by atoms with E-state index in [0.717, 1.165) is 5.75 Å². The maximum Gasteiger partial charge on any atom is 0.242 e. The highest BCUT2D eigenvalue weighted by Crippen LogP contribution is 2.19. The van der Waals surface area contributed by atoms with Crippen LogP contribution in [0.1, 0.15) is 6.42 Å². The Morgan fingerprint density at radius 3 is 2.50 bits per heavy atom. The molecule has 0 heterocycles. The number of benzene rings is 2. The highest BCUT2D eigenvalue weighted by atomic mass is 35.5. The van der Waals surface area contributed by atoms with Gasteiger partial charge >= 0.3 is 0 Å². The fourth-order valence-electron chi connectivity index (χ4n) is 1.92. The van der Waals surface area contributed by atoms with Crippen molar-refractivity contribution in [3.8, 4) is 5.75 Å². The molecule has 0 aromatic heterocycles. The van der Waals surface area contributed by atoms with Crippen molar-refractivity contribution >= 4 is 21.6 Å². The van der Waals surface area contributed by atoms with Crippen LogP contribution in [0, 0.1) is 0 Å². The summed E-state index contributed by atoms with van der Waals surface area (Å²) in [6.45, 7) is 0.834. The normalized spacial score (nSPS) is 11.6. The quantitative estimate of drug-likeness (QED) is 0.726. The molecular weight excluding hydrogens is 322 g/mol. The third kappa shape index (κ3) is 4.47. The van der Waals surface area contributed by atoms with Gasteiger partial charge in [0.1, 0.15) is 5.75 Å². The molecule has 2 rings (SSSR count). The third-order valence-corrected chi connectivity index (χ3v) is 5.22. The smallest absolute Gasteiger partial charge is 0.242 e. The lowest BCUT2D eigenvalue weighted by Gasteiger charge is -2.17. The summed E-state index contributed by atoms with van der Waals surface area (Å²) < 4.78 is 31.6. The first-order valence-corrected chi connectivity index (χ1v) is 8.72. The zero-order valence-corrected chi connectivity index (χ0v) is 13.8. The molecule has 0 aliphatic rings. The van der Waals surface area contributed by atoms with Crippen LogP contribution >= 0.6 is 11.6 Å². The maximum absolute atomic E-state index is 12.4. The standard InChI is InChI=1S/C16H18ClNO3S/c1-18(11-6-12-21-15-8-3-2-4-9-15)22(19,20)16-10-5-7-14(17)13-16/h2-5,7-10,13H,6,11-12H2,1H3. The van der Waals surface area contributed by atoms with Gasteiger partial charge in [0.15, 0.2) is 0 Å². The van der Waals surface area contributed by atoms with Gasteiger partial charge in [-0.3, -0.25) is 0 Å². The molecule has 0 aliphatic carbocycles. The van der Waals surface area contributed by atoms with Crippen LogP contribution in [-0.2, 0) is 10.0 Å².